The first-order valence-corrected chi connectivity index (χ1v) is 9.88. The fourth-order valence-electron chi connectivity index (χ4n) is 2.42. The average Bonchev–Trinajstić information content (AvgIpc) is 2.65. The maximum absolute atomic E-state index is 13.3. The van der Waals surface area contributed by atoms with Crippen LogP contribution in [0.25, 0.3) is 0 Å². The van der Waals surface area contributed by atoms with Gasteiger partial charge in [-0.3, -0.25) is 4.31 Å². The Morgan fingerprint density at radius 1 is 0.963 bits per heavy atom. The molecular weight excluding hydrogens is 413 g/mol. The third kappa shape index (κ3) is 4.26. The Bertz CT molecular complexity index is 947. The molecule has 9 heteroatoms. The summed E-state index contributed by atoms with van der Waals surface area (Å²) in [4.78, 5) is -0.00822. The highest BCUT2D eigenvalue weighted by Crippen LogP contribution is 2.40. The number of rotatable bonds is 8. The van der Waals surface area contributed by atoms with Crippen molar-refractivity contribution in [2.45, 2.75) is 4.90 Å². The van der Waals surface area contributed by atoms with Gasteiger partial charge in [0.15, 0.2) is 0 Å². The summed E-state index contributed by atoms with van der Waals surface area (Å²) in [7, 11) is 0.317. The SMILES string of the molecule is C=CCN(c1cc(OC)c(Cl)cc1OC)S(=O)(=O)c1ccc(OC)c(Cl)c1. The van der Waals surface area contributed by atoms with Crippen molar-refractivity contribution in [1.82, 2.24) is 0 Å². The smallest absolute Gasteiger partial charge is 0.264 e. The molecule has 6 nitrogen and oxygen atoms in total. The third-order valence-electron chi connectivity index (χ3n) is 3.73. The van der Waals surface area contributed by atoms with E-state index in [0.29, 0.717) is 16.5 Å². The van der Waals surface area contributed by atoms with Gasteiger partial charge < -0.3 is 14.2 Å². The van der Waals surface area contributed by atoms with E-state index in [2.05, 4.69) is 6.58 Å². The minimum atomic E-state index is -3.99. The fraction of sp³-hybridized carbons (Fsp3) is 0.222. The molecule has 0 N–H and O–H groups in total. The topological polar surface area (TPSA) is 65.1 Å². The van der Waals surface area contributed by atoms with Gasteiger partial charge in [0.1, 0.15) is 17.2 Å². The Morgan fingerprint density at radius 2 is 1.56 bits per heavy atom. The maximum atomic E-state index is 13.3. The largest absolute Gasteiger partial charge is 0.495 e. The molecule has 0 aliphatic carbocycles. The van der Waals surface area contributed by atoms with Crippen LogP contribution >= 0.6 is 23.2 Å². The number of sulfonamides is 1. The number of benzene rings is 2. The molecule has 0 saturated heterocycles. The minimum absolute atomic E-state index is 0.00682. The second kappa shape index (κ2) is 8.73. The molecule has 0 unspecified atom stereocenters. The highest BCUT2D eigenvalue weighted by molar-refractivity contribution is 7.92. The van der Waals surface area contributed by atoms with Gasteiger partial charge in [-0.05, 0) is 18.2 Å². The molecule has 146 valence electrons. The predicted molar refractivity (Wildman–Crippen MR) is 107 cm³/mol. The number of hydrogen-bond acceptors (Lipinski definition) is 5. The summed E-state index contributed by atoms with van der Waals surface area (Å²) in [5.41, 5.74) is 0.255. The second-order valence-corrected chi connectivity index (χ2v) is 7.96. The van der Waals surface area contributed by atoms with E-state index >= 15 is 0 Å². The lowest BCUT2D eigenvalue weighted by atomic mass is 10.2. The zero-order valence-corrected chi connectivity index (χ0v) is 17.4. The van der Waals surface area contributed by atoms with E-state index in [4.69, 9.17) is 37.4 Å². The van der Waals surface area contributed by atoms with Gasteiger partial charge >= 0.3 is 0 Å². The van der Waals surface area contributed by atoms with Gasteiger partial charge in [0.2, 0.25) is 0 Å². The molecule has 0 amide bonds. The standard InChI is InChI=1S/C18H19Cl2NO5S/c1-5-8-21(15-11-17(25-3)14(20)10-18(15)26-4)27(22,23)12-6-7-16(24-2)13(19)9-12/h5-7,9-11H,1,8H2,2-4H3. The van der Waals surface area contributed by atoms with Crippen LogP contribution in [0.1, 0.15) is 0 Å². The highest BCUT2D eigenvalue weighted by Gasteiger charge is 2.28. The molecule has 0 aromatic heterocycles. The van der Waals surface area contributed by atoms with E-state index < -0.39 is 10.0 Å². The number of nitrogens with zero attached hydrogens (tertiary/aromatic N) is 1. The summed E-state index contributed by atoms with van der Waals surface area (Å²) in [6.45, 7) is 3.64. The minimum Gasteiger partial charge on any atom is -0.495 e. The summed E-state index contributed by atoms with van der Waals surface area (Å²) in [6.07, 6.45) is 1.46. The van der Waals surface area contributed by atoms with Crippen molar-refractivity contribution in [3.63, 3.8) is 0 Å². The lowest BCUT2D eigenvalue weighted by Gasteiger charge is -2.26. The van der Waals surface area contributed by atoms with Gasteiger partial charge in [0, 0.05) is 12.1 Å². The maximum Gasteiger partial charge on any atom is 0.264 e. The molecule has 0 spiro atoms. The van der Waals surface area contributed by atoms with E-state index in [1.807, 2.05) is 0 Å². The zero-order chi connectivity index (χ0) is 20.2. The second-order valence-electron chi connectivity index (χ2n) is 5.28. The molecule has 0 heterocycles. The Balaban J connectivity index is 2.66. The molecule has 0 radical (unpaired) electrons. The molecule has 0 saturated carbocycles. The summed E-state index contributed by atoms with van der Waals surface area (Å²) < 4.78 is 43.3. The molecule has 0 atom stereocenters. The normalized spacial score (nSPS) is 11.0. The van der Waals surface area contributed by atoms with Crippen molar-refractivity contribution in [2.24, 2.45) is 0 Å². The number of anilines is 1. The molecule has 0 fully saturated rings. The van der Waals surface area contributed by atoms with Gasteiger partial charge in [0.05, 0.1) is 48.5 Å². The molecule has 0 aliphatic heterocycles. The number of ether oxygens (including phenoxy) is 3. The Hall–Kier alpha value is -2.09. The van der Waals surface area contributed by atoms with Crippen molar-refractivity contribution in [2.75, 3.05) is 32.2 Å². The van der Waals surface area contributed by atoms with Gasteiger partial charge in [0.25, 0.3) is 10.0 Å². The first-order valence-electron chi connectivity index (χ1n) is 7.68. The van der Waals surface area contributed by atoms with Gasteiger partial charge in [-0.2, -0.15) is 0 Å². The fourth-order valence-corrected chi connectivity index (χ4v) is 4.43. The summed E-state index contributed by atoms with van der Waals surface area (Å²) in [5, 5.41) is 0.472. The van der Waals surface area contributed by atoms with Crippen LogP contribution < -0.4 is 18.5 Å². The first-order chi connectivity index (χ1) is 12.8. The molecular formula is C18H19Cl2NO5S. The predicted octanol–water partition coefficient (Wildman–Crippen LogP) is 4.40. The average molecular weight is 432 g/mol. The number of methoxy groups -OCH3 is 3. The van der Waals surface area contributed by atoms with Crippen molar-refractivity contribution in [3.05, 3.63) is 53.0 Å². The van der Waals surface area contributed by atoms with Crippen molar-refractivity contribution < 1.29 is 22.6 Å². The summed E-state index contributed by atoms with van der Waals surface area (Å²) >= 11 is 12.2. The van der Waals surface area contributed by atoms with E-state index in [-0.39, 0.29) is 27.9 Å². The van der Waals surface area contributed by atoms with Crippen molar-refractivity contribution in [1.29, 1.82) is 0 Å². The van der Waals surface area contributed by atoms with Crippen LogP contribution in [0.4, 0.5) is 5.69 Å². The Kier molecular flexibility index (Phi) is 6.86. The molecule has 2 rings (SSSR count). The molecule has 0 bridgehead atoms. The van der Waals surface area contributed by atoms with Crippen LogP contribution in [-0.4, -0.2) is 36.3 Å². The number of halogens is 2. The van der Waals surface area contributed by atoms with Crippen LogP contribution in [0.15, 0.2) is 47.9 Å². The zero-order valence-electron chi connectivity index (χ0n) is 15.0. The number of hydrogen-bond donors (Lipinski definition) is 0. The molecule has 27 heavy (non-hydrogen) atoms. The van der Waals surface area contributed by atoms with Crippen LogP contribution in [-0.2, 0) is 10.0 Å². The Labute approximate surface area is 168 Å². The lowest BCUT2D eigenvalue weighted by molar-refractivity contribution is 0.404. The highest BCUT2D eigenvalue weighted by atomic mass is 35.5. The monoisotopic (exact) mass is 431 g/mol. The van der Waals surface area contributed by atoms with Gasteiger partial charge in [-0.25, -0.2) is 8.42 Å². The van der Waals surface area contributed by atoms with Crippen LogP contribution in [0.3, 0.4) is 0 Å². The summed E-state index contributed by atoms with van der Waals surface area (Å²) in [5.74, 6) is 0.951. The van der Waals surface area contributed by atoms with Crippen molar-refractivity contribution in [3.8, 4) is 17.2 Å². The van der Waals surface area contributed by atoms with E-state index in [1.165, 1.54) is 57.7 Å². The lowest BCUT2D eigenvalue weighted by Crippen LogP contribution is -2.31. The van der Waals surface area contributed by atoms with Crippen LogP contribution in [0, 0.1) is 0 Å². The molecule has 0 aliphatic rings. The summed E-state index contributed by atoms with van der Waals surface area (Å²) in [6, 6.07) is 7.21. The van der Waals surface area contributed by atoms with Crippen molar-refractivity contribution >= 4 is 38.9 Å². The van der Waals surface area contributed by atoms with Gasteiger partial charge in [-0.15, -0.1) is 6.58 Å². The third-order valence-corrected chi connectivity index (χ3v) is 6.09. The first kappa shape index (κ1) is 21.2. The van der Waals surface area contributed by atoms with E-state index in [0.717, 1.165) is 4.31 Å². The Morgan fingerprint density at radius 3 is 2.07 bits per heavy atom. The van der Waals surface area contributed by atoms with E-state index in [9.17, 15) is 8.42 Å². The van der Waals surface area contributed by atoms with E-state index in [1.54, 1.807) is 0 Å². The van der Waals surface area contributed by atoms with Crippen LogP contribution in [0.5, 0.6) is 17.2 Å². The quantitative estimate of drug-likeness (QED) is 0.579. The van der Waals surface area contributed by atoms with Crippen LogP contribution in [0.2, 0.25) is 10.0 Å². The molecule has 2 aromatic carbocycles. The van der Waals surface area contributed by atoms with Gasteiger partial charge in [-0.1, -0.05) is 29.3 Å². The molecule has 2 aromatic rings.